The number of aromatic nitrogens is 3. The van der Waals surface area contributed by atoms with Crippen LogP contribution in [0.1, 0.15) is 45.9 Å². The van der Waals surface area contributed by atoms with Crippen LogP contribution in [0.2, 0.25) is 0 Å². The lowest BCUT2D eigenvalue weighted by Gasteiger charge is -2.23. The predicted molar refractivity (Wildman–Crippen MR) is 122 cm³/mol. The molecule has 2 aliphatic rings. The lowest BCUT2D eigenvalue weighted by atomic mass is 10.0. The van der Waals surface area contributed by atoms with Crippen LogP contribution in [0.4, 0.5) is 8.78 Å². The van der Waals surface area contributed by atoms with E-state index in [0.29, 0.717) is 40.6 Å². The van der Waals surface area contributed by atoms with Gasteiger partial charge in [0, 0.05) is 37.3 Å². The molecule has 1 fully saturated rings. The van der Waals surface area contributed by atoms with E-state index in [1.807, 2.05) is 6.92 Å². The number of nitrogens with zero attached hydrogens (tertiary/aromatic N) is 3. The molecule has 0 aliphatic carbocycles. The monoisotopic (exact) mass is 464 g/mol. The van der Waals surface area contributed by atoms with Gasteiger partial charge in [-0.05, 0) is 49.1 Å². The lowest BCUT2D eigenvalue weighted by molar-refractivity contribution is 0.0675. The lowest BCUT2D eigenvalue weighted by Crippen LogP contribution is -2.26. The molecule has 2 aromatic heterocycles. The van der Waals surface area contributed by atoms with Crippen LogP contribution in [0.3, 0.4) is 0 Å². The Labute approximate surface area is 192 Å². The topological polar surface area (TPSA) is 80.2 Å². The van der Waals surface area contributed by atoms with Crippen molar-refractivity contribution in [1.29, 1.82) is 0 Å². The van der Waals surface area contributed by atoms with E-state index in [2.05, 4.69) is 10.1 Å². The minimum Gasteiger partial charge on any atom is -0.381 e. The number of halogens is 2. The number of H-pyrrole nitrogens is 1. The molecule has 1 N–H and O–H groups in total. The number of carbonyl (C=O) groups is 1. The number of aryl methyl sites for hydroxylation is 1. The number of nitrogens with one attached hydrogen (secondary N) is 1. The molecule has 6 rings (SSSR count). The van der Waals surface area contributed by atoms with Crippen LogP contribution in [0.25, 0.3) is 21.8 Å². The molecule has 9 heteroatoms. The van der Waals surface area contributed by atoms with Crippen LogP contribution >= 0.6 is 0 Å². The second-order valence-corrected chi connectivity index (χ2v) is 9.01. The highest BCUT2D eigenvalue weighted by atomic mass is 19.1. The van der Waals surface area contributed by atoms with E-state index in [-0.39, 0.29) is 36.1 Å². The van der Waals surface area contributed by atoms with Crippen LogP contribution in [0.5, 0.6) is 0 Å². The summed E-state index contributed by atoms with van der Waals surface area (Å²) >= 11 is 0. The number of fused-ring (bicyclic) bond motifs is 4. The van der Waals surface area contributed by atoms with Gasteiger partial charge in [0.1, 0.15) is 11.6 Å². The first kappa shape index (κ1) is 21.0. The van der Waals surface area contributed by atoms with Crippen LogP contribution in [-0.4, -0.2) is 38.8 Å². The number of hydrogen-bond donors (Lipinski definition) is 1. The molecular formula is C25H22F2N4O3. The van der Waals surface area contributed by atoms with E-state index < -0.39 is 11.7 Å². The van der Waals surface area contributed by atoms with Crippen molar-refractivity contribution in [2.45, 2.75) is 38.9 Å². The fourth-order valence-corrected chi connectivity index (χ4v) is 5.15. The third kappa shape index (κ3) is 3.14. The molecule has 0 spiro atoms. The van der Waals surface area contributed by atoms with Crippen LogP contribution < -0.4 is 5.56 Å². The molecule has 0 bridgehead atoms. The minimum atomic E-state index is -0.696. The second kappa shape index (κ2) is 7.73. The molecule has 4 aromatic rings. The third-order valence-electron chi connectivity index (χ3n) is 7.01. The Balaban J connectivity index is 1.44. The summed E-state index contributed by atoms with van der Waals surface area (Å²) in [4.78, 5) is 30.2. The number of pyridine rings is 1. The summed E-state index contributed by atoms with van der Waals surface area (Å²) in [6, 6.07) is 5.77. The Morgan fingerprint density at radius 1 is 1.09 bits per heavy atom. The van der Waals surface area contributed by atoms with Gasteiger partial charge in [0.05, 0.1) is 34.2 Å². The number of aromatic amines is 1. The third-order valence-corrected chi connectivity index (χ3v) is 7.01. The van der Waals surface area contributed by atoms with Gasteiger partial charge in [-0.3, -0.25) is 14.3 Å². The molecule has 2 aliphatic heterocycles. The maximum Gasteiger partial charge on any atom is 0.259 e. The van der Waals surface area contributed by atoms with Gasteiger partial charge in [0.15, 0.2) is 0 Å². The van der Waals surface area contributed by atoms with Crippen molar-refractivity contribution in [3.8, 4) is 0 Å². The fourth-order valence-electron chi connectivity index (χ4n) is 5.15. The van der Waals surface area contributed by atoms with E-state index in [1.54, 1.807) is 10.7 Å². The molecule has 34 heavy (non-hydrogen) atoms. The van der Waals surface area contributed by atoms with Crippen molar-refractivity contribution >= 4 is 27.7 Å². The molecule has 174 valence electrons. The average molecular weight is 464 g/mol. The minimum absolute atomic E-state index is 0.0434. The number of hydrogen-bond acceptors (Lipinski definition) is 4. The molecule has 0 saturated carbocycles. The van der Waals surface area contributed by atoms with Gasteiger partial charge < -0.3 is 14.6 Å². The Morgan fingerprint density at radius 3 is 2.62 bits per heavy atom. The molecule has 2 aromatic carbocycles. The van der Waals surface area contributed by atoms with E-state index in [1.165, 1.54) is 29.3 Å². The van der Waals surface area contributed by atoms with E-state index in [9.17, 15) is 14.0 Å². The Morgan fingerprint density at radius 2 is 1.85 bits per heavy atom. The summed E-state index contributed by atoms with van der Waals surface area (Å²) in [5, 5.41) is 5.29. The van der Waals surface area contributed by atoms with Crippen molar-refractivity contribution in [3.63, 3.8) is 0 Å². The largest absolute Gasteiger partial charge is 0.381 e. The quantitative estimate of drug-likeness (QED) is 0.487. The van der Waals surface area contributed by atoms with Crippen molar-refractivity contribution < 1.29 is 18.3 Å². The van der Waals surface area contributed by atoms with Crippen LogP contribution in [0.15, 0.2) is 35.3 Å². The number of amides is 1. The Kier molecular flexibility index (Phi) is 4.77. The molecule has 1 amide bonds. The number of ether oxygens (including phenoxy) is 1. The summed E-state index contributed by atoms with van der Waals surface area (Å²) in [5.41, 5.74) is 2.50. The SMILES string of the molecule is Cc1ccc(F)c2c1CN(C(=O)c1cc3[nH]c(=O)c4cnn(C5CCOCC5)c4c3cc1F)C2. The maximum absolute atomic E-state index is 15.4. The van der Waals surface area contributed by atoms with E-state index in [0.717, 1.165) is 24.0 Å². The van der Waals surface area contributed by atoms with Gasteiger partial charge >= 0.3 is 0 Å². The maximum atomic E-state index is 15.4. The zero-order valence-electron chi connectivity index (χ0n) is 18.5. The molecular weight excluding hydrogens is 442 g/mol. The number of benzene rings is 2. The van der Waals surface area contributed by atoms with Crippen LogP contribution in [-0.2, 0) is 17.8 Å². The highest BCUT2D eigenvalue weighted by Gasteiger charge is 2.30. The first-order valence-electron chi connectivity index (χ1n) is 11.3. The second-order valence-electron chi connectivity index (χ2n) is 9.01. The highest BCUT2D eigenvalue weighted by Crippen LogP contribution is 2.32. The molecule has 7 nitrogen and oxygen atoms in total. The highest BCUT2D eigenvalue weighted by molar-refractivity contribution is 6.06. The Hall–Kier alpha value is -3.59. The van der Waals surface area contributed by atoms with Crippen LogP contribution in [0, 0.1) is 18.6 Å². The van der Waals surface area contributed by atoms with E-state index >= 15 is 4.39 Å². The van der Waals surface area contributed by atoms with Gasteiger partial charge in [0.2, 0.25) is 0 Å². The Bertz CT molecular complexity index is 1500. The standard InChI is InChI=1S/C25H22F2N4O3/c1-13-2-3-20(26)19-12-30(11-18(13)19)25(33)15-9-22-16(8-21(15)27)23-17(24(32)29-22)10-28-31(23)14-4-6-34-7-5-14/h2-3,8-10,14H,4-7,11-12H2,1H3,(H,29,32). The zero-order valence-corrected chi connectivity index (χ0v) is 18.5. The van der Waals surface area contributed by atoms with Gasteiger partial charge in [-0.15, -0.1) is 0 Å². The predicted octanol–water partition coefficient (Wildman–Crippen LogP) is 3.97. The van der Waals surface area contributed by atoms with Gasteiger partial charge in [-0.2, -0.15) is 5.10 Å². The van der Waals surface area contributed by atoms with Crippen molar-refractivity contribution in [2.75, 3.05) is 13.2 Å². The normalized spacial score (nSPS) is 16.5. The summed E-state index contributed by atoms with van der Waals surface area (Å²) in [6.07, 6.45) is 2.99. The van der Waals surface area contributed by atoms with Gasteiger partial charge in [-0.25, -0.2) is 8.78 Å². The van der Waals surface area contributed by atoms with Crippen molar-refractivity contribution in [1.82, 2.24) is 19.7 Å². The van der Waals surface area contributed by atoms with E-state index in [4.69, 9.17) is 4.74 Å². The first-order chi connectivity index (χ1) is 16.4. The zero-order chi connectivity index (χ0) is 23.6. The number of carbonyl (C=O) groups excluding carboxylic acids is 1. The average Bonchev–Trinajstić information content (AvgIpc) is 3.49. The number of rotatable bonds is 2. The summed E-state index contributed by atoms with van der Waals surface area (Å²) in [7, 11) is 0. The van der Waals surface area contributed by atoms with Crippen molar-refractivity contribution in [3.05, 3.63) is 74.7 Å². The molecule has 0 unspecified atom stereocenters. The molecule has 1 saturated heterocycles. The van der Waals surface area contributed by atoms with Gasteiger partial charge in [-0.1, -0.05) is 6.07 Å². The molecule has 0 radical (unpaired) electrons. The fraction of sp³-hybridized carbons (Fsp3) is 0.320. The summed E-state index contributed by atoms with van der Waals surface area (Å²) < 4.78 is 36.9. The van der Waals surface area contributed by atoms with Gasteiger partial charge in [0.25, 0.3) is 11.5 Å². The summed E-state index contributed by atoms with van der Waals surface area (Å²) in [6.45, 7) is 3.34. The molecule has 4 heterocycles. The first-order valence-corrected chi connectivity index (χ1v) is 11.3. The molecule has 0 atom stereocenters. The smallest absolute Gasteiger partial charge is 0.259 e. The van der Waals surface area contributed by atoms with Crippen molar-refractivity contribution in [2.24, 2.45) is 0 Å². The summed E-state index contributed by atoms with van der Waals surface area (Å²) in [5.74, 6) is -1.62.